The first-order chi connectivity index (χ1) is 11.4. The van der Waals surface area contributed by atoms with Crippen LogP contribution >= 0.6 is 0 Å². The van der Waals surface area contributed by atoms with Crippen molar-refractivity contribution >= 4 is 21.4 Å². The van der Waals surface area contributed by atoms with E-state index in [2.05, 4.69) is 35.9 Å². The number of nitrogens with two attached hydrogens (primary N) is 1. The van der Waals surface area contributed by atoms with Gasteiger partial charge in [0.15, 0.2) is 5.03 Å². The number of benzene rings is 1. The molecule has 0 aliphatic carbocycles. The Bertz CT molecular complexity index is 826. The second-order valence-corrected chi connectivity index (χ2v) is 7.92. The molecule has 1 fully saturated rings. The molecule has 7 heteroatoms. The Kier molecular flexibility index (Phi) is 4.47. The Balaban J connectivity index is 1.75. The van der Waals surface area contributed by atoms with Gasteiger partial charge in [-0.1, -0.05) is 12.1 Å². The fourth-order valence-corrected chi connectivity index (χ4v) is 4.26. The summed E-state index contributed by atoms with van der Waals surface area (Å²) in [6, 6.07) is 9.24. The number of hydrogen-bond acceptors (Lipinski definition) is 5. The van der Waals surface area contributed by atoms with Crippen molar-refractivity contribution in [3.63, 3.8) is 0 Å². The molecule has 1 saturated heterocycles. The zero-order valence-electron chi connectivity index (χ0n) is 13.9. The molecule has 1 aromatic heterocycles. The molecule has 2 aromatic rings. The molecule has 0 amide bonds. The maximum absolute atomic E-state index is 12.7. The number of piperazine rings is 1. The molecule has 0 bridgehead atoms. The van der Waals surface area contributed by atoms with Gasteiger partial charge in [0.2, 0.25) is 0 Å². The highest BCUT2D eigenvalue weighted by Gasteiger charge is 2.29. The minimum absolute atomic E-state index is 0.0527. The second-order valence-electron chi connectivity index (χ2n) is 6.04. The van der Waals surface area contributed by atoms with E-state index in [4.69, 9.17) is 5.73 Å². The lowest BCUT2D eigenvalue weighted by atomic mass is 10.1. The van der Waals surface area contributed by atoms with E-state index in [-0.39, 0.29) is 5.03 Å². The third-order valence-corrected chi connectivity index (χ3v) is 6.33. The van der Waals surface area contributed by atoms with E-state index in [1.165, 1.54) is 33.4 Å². The van der Waals surface area contributed by atoms with E-state index in [1.807, 2.05) is 6.07 Å². The quantitative estimate of drug-likeness (QED) is 0.916. The Morgan fingerprint density at radius 2 is 1.75 bits per heavy atom. The summed E-state index contributed by atoms with van der Waals surface area (Å²) in [6.07, 6.45) is 1.37. The zero-order chi connectivity index (χ0) is 17.3. The number of nitrogen functional groups attached to an aromatic ring is 1. The summed E-state index contributed by atoms with van der Waals surface area (Å²) in [5.41, 5.74) is 9.70. The van der Waals surface area contributed by atoms with Gasteiger partial charge in [0, 0.05) is 31.9 Å². The molecule has 0 spiro atoms. The van der Waals surface area contributed by atoms with Crippen LogP contribution in [0.25, 0.3) is 0 Å². The first-order valence-corrected chi connectivity index (χ1v) is 9.36. The first kappa shape index (κ1) is 16.7. The average molecular weight is 346 g/mol. The van der Waals surface area contributed by atoms with E-state index < -0.39 is 10.0 Å². The lowest BCUT2D eigenvalue weighted by molar-refractivity contribution is 0.383. The number of sulfonamides is 1. The summed E-state index contributed by atoms with van der Waals surface area (Å²) >= 11 is 0. The molecule has 1 aliphatic heterocycles. The van der Waals surface area contributed by atoms with E-state index >= 15 is 0 Å². The monoisotopic (exact) mass is 346 g/mol. The summed E-state index contributed by atoms with van der Waals surface area (Å²) in [5, 5.41) is 0.0527. The van der Waals surface area contributed by atoms with Crippen LogP contribution in [0.3, 0.4) is 0 Å². The van der Waals surface area contributed by atoms with Gasteiger partial charge in [-0.15, -0.1) is 0 Å². The molecular weight excluding hydrogens is 324 g/mol. The van der Waals surface area contributed by atoms with Crippen molar-refractivity contribution in [3.8, 4) is 0 Å². The Morgan fingerprint density at radius 1 is 1.04 bits per heavy atom. The molecule has 2 N–H and O–H groups in total. The highest BCUT2D eigenvalue weighted by molar-refractivity contribution is 7.89. The van der Waals surface area contributed by atoms with Crippen LogP contribution < -0.4 is 10.6 Å². The average Bonchev–Trinajstić information content (AvgIpc) is 2.58. The highest BCUT2D eigenvalue weighted by atomic mass is 32.2. The van der Waals surface area contributed by atoms with Gasteiger partial charge in [0.1, 0.15) is 0 Å². The van der Waals surface area contributed by atoms with Crippen molar-refractivity contribution in [2.24, 2.45) is 0 Å². The van der Waals surface area contributed by atoms with Gasteiger partial charge in [-0.2, -0.15) is 4.31 Å². The van der Waals surface area contributed by atoms with Crippen LogP contribution in [0.15, 0.2) is 41.6 Å². The van der Waals surface area contributed by atoms with Crippen molar-refractivity contribution in [2.45, 2.75) is 18.9 Å². The number of rotatable bonds is 3. The predicted octanol–water partition coefficient (Wildman–Crippen LogP) is 1.79. The standard InChI is InChI=1S/C17H22N4O2S/c1-13-4-3-5-16(14(13)2)20-8-10-21(11-9-20)24(22,23)17-7-6-15(18)12-19-17/h3-7,12H,8-11,18H2,1-2H3. The first-order valence-electron chi connectivity index (χ1n) is 7.92. The molecule has 0 saturated carbocycles. The molecular formula is C17H22N4O2S. The Morgan fingerprint density at radius 3 is 2.38 bits per heavy atom. The topological polar surface area (TPSA) is 79.5 Å². The van der Waals surface area contributed by atoms with Gasteiger partial charge in [-0.25, -0.2) is 13.4 Å². The number of aryl methyl sites for hydroxylation is 1. The minimum atomic E-state index is -3.56. The van der Waals surface area contributed by atoms with Crippen molar-refractivity contribution in [2.75, 3.05) is 36.8 Å². The van der Waals surface area contributed by atoms with Crippen molar-refractivity contribution in [1.82, 2.24) is 9.29 Å². The van der Waals surface area contributed by atoms with Gasteiger partial charge in [0.25, 0.3) is 10.0 Å². The zero-order valence-corrected chi connectivity index (χ0v) is 14.8. The normalized spacial score (nSPS) is 16.3. The van der Waals surface area contributed by atoms with Gasteiger partial charge in [-0.05, 0) is 43.2 Å². The fraction of sp³-hybridized carbons (Fsp3) is 0.353. The number of aromatic nitrogens is 1. The van der Waals surface area contributed by atoms with Gasteiger partial charge < -0.3 is 10.6 Å². The number of hydrogen-bond donors (Lipinski definition) is 1. The smallest absolute Gasteiger partial charge is 0.260 e. The molecule has 3 rings (SSSR count). The Labute approximate surface area is 143 Å². The largest absolute Gasteiger partial charge is 0.397 e. The maximum Gasteiger partial charge on any atom is 0.260 e. The molecule has 0 unspecified atom stereocenters. The van der Waals surface area contributed by atoms with Crippen molar-refractivity contribution in [1.29, 1.82) is 0 Å². The van der Waals surface area contributed by atoms with Crippen LogP contribution in [-0.2, 0) is 10.0 Å². The van der Waals surface area contributed by atoms with Gasteiger partial charge in [-0.3, -0.25) is 0 Å². The molecule has 6 nitrogen and oxygen atoms in total. The summed E-state index contributed by atoms with van der Waals surface area (Å²) < 4.78 is 26.8. The lowest BCUT2D eigenvalue weighted by Crippen LogP contribution is -2.49. The lowest BCUT2D eigenvalue weighted by Gasteiger charge is -2.36. The van der Waals surface area contributed by atoms with Crippen LogP contribution in [0.1, 0.15) is 11.1 Å². The highest BCUT2D eigenvalue weighted by Crippen LogP contribution is 2.25. The van der Waals surface area contributed by atoms with Crippen LogP contribution in [0.4, 0.5) is 11.4 Å². The molecule has 1 aromatic carbocycles. The molecule has 0 radical (unpaired) electrons. The number of pyridine rings is 1. The summed E-state index contributed by atoms with van der Waals surface area (Å²) in [6.45, 7) is 6.42. The minimum Gasteiger partial charge on any atom is -0.397 e. The summed E-state index contributed by atoms with van der Waals surface area (Å²) in [5.74, 6) is 0. The van der Waals surface area contributed by atoms with Crippen LogP contribution in [0.5, 0.6) is 0 Å². The molecule has 1 aliphatic rings. The molecule has 0 atom stereocenters. The van der Waals surface area contributed by atoms with Crippen molar-refractivity contribution in [3.05, 3.63) is 47.7 Å². The molecule has 2 heterocycles. The van der Waals surface area contributed by atoms with E-state index in [0.29, 0.717) is 31.9 Å². The predicted molar refractivity (Wildman–Crippen MR) is 95.5 cm³/mol. The maximum atomic E-state index is 12.7. The van der Waals surface area contributed by atoms with Gasteiger partial charge >= 0.3 is 0 Å². The molecule has 128 valence electrons. The summed E-state index contributed by atoms with van der Waals surface area (Å²) in [7, 11) is -3.56. The van der Waals surface area contributed by atoms with Crippen LogP contribution in [0.2, 0.25) is 0 Å². The third-order valence-electron chi connectivity index (χ3n) is 4.52. The van der Waals surface area contributed by atoms with Gasteiger partial charge in [0.05, 0.1) is 11.9 Å². The fourth-order valence-electron chi connectivity index (χ4n) is 2.92. The van der Waals surface area contributed by atoms with E-state index in [9.17, 15) is 8.42 Å². The van der Waals surface area contributed by atoms with Crippen LogP contribution in [0, 0.1) is 13.8 Å². The van der Waals surface area contributed by atoms with E-state index in [1.54, 1.807) is 6.07 Å². The number of nitrogens with zero attached hydrogens (tertiary/aromatic N) is 3. The van der Waals surface area contributed by atoms with E-state index in [0.717, 1.165) is 0 Å². The molecule has 24 heavy (non-hydrogen) atoms. The summed E-state index contributed by atoms with van der Waals surface area (Å²) in [4.78, 5) is 6.20. The Hall–Kier alpha value is -2.12. The SMILES string of the molecule is Cc1cccc(N2CCN(S(=O)(=O)c3ccc(N)cn3)CC2)c1C. The van der Waals surface area contributed by atoms with Crippen LogP contribution in [-0.4, -0.2) is 43.9 Å². The third kappa shape index (κ3) is 3.09. The second kappa shape index (κ2) is 6.41. The number of anilines is 2. The van der Waals surface area contributed by atoms with Crippen molar-refractivity contribution < 1.29 is 8.42 Å².